The fourth-order valence-corrected chi connectivity index (χ4v) is 3.75. The highest BCUT2D eigenvalue weighted by atomic mass is 19.4. The molecule has 0 spiro atoms. The van der Waals surface area contributed by atoms with E-state index in [2.05, 4.69) is 4.98 Å². The first kappa shape index (κ1) is 18.8. The zero-order chi connectivity index (χ0) is 19.3. The fourth-order valence-electron chi connectivity index (χ4n) is 3.75. The molecule has 2 aliphatic rings. The molecule has 1 aliphatic heterocycles. The van der Waals surface area contributed by atoms with Gasteiger partial charge in [0.2, 0.25) is 5.88 Å². The Kier molecular flexibility index (Phi) is 4.56. The van der Waals surface area contributed by atoms with Crippen LogP contribution >= 0.6 is 0 Å². The Morgan fingerprint density at radius 3 is 2.42 bits per heavy atom. The van der Waals surface area contributed by atoms with Crippen LogP contribution in [-0.4, -0.2) is 39.8 Å². The number of likely N-dealkylation sites (tertiary alicyclic amines) is 1. The molecule has 2 fully saturated rings. The van der Waals surface area contributed by atoms with E-state index >= 15 is 0 Å². The Balaban J connectivity index is 1.70. The van der Waals surface area contributed by atoms with Crippen molar-refractivity contribution in [3.63, 3.8) is 0 Å². The van der Waals surface area contributed by atoms with E-state index in [9.17, 15) is 18.0 Å². The van der Waals surface area contributed by atoms with Gasteiger partial charge in [0.05, 0.1) is 11.6 Å². The lowest BCUT2D eigenvalue weighted by molar-refractivity contribution is -0.137. The van der Waals surface area contributed by atoms with E-state index in [-0.39, 0.29) is 36.1 Å². The third-order valence-corrected chi connectivity index (χ3v) is 4.93. The van der Waals surface area contributed by atoms with Crippen molar-refractivity contribution in [2.24, 2.45) is 5.92 Å². The lowest BCUT2D eigenvalue weighted by Gasteiger charge is -2.38. The molecule has 26 heavy (non-hydrogen) atoms. The minimum Gasteiger partial charge on any atom is -0.472 e. The number of halogens is 3. The van der Waals surface area contributed by atoms with Crippen molar-refractivity contribution in [2.45, 2.75) is 70.5 Å². The normalized spacial score (nSPS) is 28.3. The third kappa shape index (κ3) is 3.73. The van der Waals surface area contributed by atoms with Gasteiger partial charge in [-0.3, -0.25) is 4.90 Å². The highest BCUT2D eigenvalue weighted by Gasteiger charge is 2.53. The lowest BCUT2D eigenvalue weighted by atomic mass is 9.99. The highest BCUT2D eigenvalue weighted by Crippen LogP contribution is 2.44. The maximum Gasteiger partial charge on any atom is 0.417 e. The number of ether oxygens (including phenoxy) is 2. The van der Waals surface area contributed by atoms with Crippen LogP contribution in [0.25, 0.3) is 0 Å². The topological polar surface area (TPSA) is 51.7 Å². The molecule has 4 unspecified atom stereocenters. The molecule has 5 nitrogen and oxygen atoms in total. The second-order valence-corrected chi connectivity index (χ2v) is 7.97. The zero-order valence-electron chi connectivity index (χ0n) is 15.2. The number of hydrogen-bond acceptors (Lipinski definition) is 4. The molecule has 8 heteroatoms. The van der Waals surface area contributed by atoms with Gasteiger partial charge in [-0.1, -0.05) is 0 Å². The molecule has 3 rings (SSSR count). The van der Waals surface area contributed by atoms with Gasteiger partial charge in [0.25, 0.3) is 0 Å². The molecule has 1 aromatic rings. The Morgan fingerprint density at radius 1 is 1.23 bits per heavy atom. The van der Waals surface area contributed by atoms with Crippen molar-refractivity contribution in [3.05, 3.63) is 23.9 Å². The van der Waals surface area contributed by atoms with Crippen molar-refractivity contribution < 1.29 is 27.4 Å². The summed E-state index contributed by atoms with van der Waals surface area (Å²) in [6, 6.07) is 2.06. The summed E-state index contributed by atoms with van der Waals surface area (Å²) in [6.07, 6.45) is -2.81. The monoisotopic (exact) mass is 372 g/mol. The molecule has 0 aromatic carbocycles. The quantitative estimate of drug-likeness (QED) is 0.778. The van der Waals surface area contributed by atoms with Crippen LogP contribution in [0.4, 0.5) is 18.0 Å². The smallest absolute Gasteiger partial charge is 0.417 e. The number of aromatic nitrogens is 1. The molecular weight excluding hydrogens is 349 g/mol. The number of hydrogen-bond donors (Lipinski definition) is 0. The van der Waals surface area contributed by atoms with Crippen molar-refractivity contribution in [3.8, 4) is 5.88 Å². The average molecular weight is 372 g/mol. The standard InChI is InChI=1S/C18H23F3N2O3/c1-10-11-7-13(23(10)16(24)26-17(2,3)4)14(8-11)25-15-6-5-12(9-22-15)18(19,20)21/h5-6,9-11,13-14H,7-8H2,1-4H3. The molecule has 4 atom stereocenters. The van der Waals surface area contributed by atoms with Gasteiger partial charge >= 0.3 is 12.3 Å². The predicted molar refractivity (Wildman–Crippen MR) is 87.7 cm³/mol. The van der Waals surface area contributed by atoms with Gasteiger partial charge in [-0.2, -0.15) is 13.2 Å². The van der Waals surface area contributed by atoms with Gasteiger partial charge in [0.15, 0.2) is 0 Å². The molecule has 1 saturated carbocycles. The second-order valence-electron chi connectivity index (χ2n) is 7.97. The second kappa shape index (κ2) is 6.32. The maximum atomic E-state index is 12.6. The lowest BCUT2D eigenvalue weighted by Crippen LogP contribution is -2.52. The third-order valence-electron chi connectivity index (χ3n) is 4.93. The number of piperidine rings is 1. The molecular formula is C18H23F3N2O3. The van der Waals surface area contributed by atoms with E-state index in [1.54, 1.807) is 4.90 Å². The van der Waals surface area contributed by atoms with E-state index in [0.29, 0.717) is 0 Å². The number of amides is 1. The minimum absolute atomic E-state index is 0.0512. The van der Waals surface area contributed by atoms with Crippen LogP contribution in [0.5, 0.6) is 5.88 Å². The van der Waals surface area contributed by atoms with Gasteiger partial charge < -0.3 is 9.47 Å². The maximum absolute atomic E-state index is 12.6. The van der Waals surface area contributed by atoms with Gasteiger partial charge in [0.1, 0.15) is 11.7 Å². The van der Waals surface area contributed by atoms with Crippen LogP contribution < -0.4 is 4.74 Å². The molecule has 1 aliphatic carbocycles. The van der Waals surface area contributed by atoms with E-state index < -0.39 is 17.3 Å². The molecule has 1 aromatic heterocycles. The number of alkyl halides is 3. The van der Waals surface area contributed by atoms with Crippen LogP contribution in [0.2, 0.25) is 0 Å². The van der Waals surface area contributed by atoms with Crippen LogP contribution in [-0.2, 0) is 10.9 Å². The number of carbonyl (C=O) groups is 1. The Labute approximate surface area is 150 Å². The highest BCUT2D eigenvalue weighted by molar-refractivity contribution is 5.70. The van der Waals surface area contributed by atoms with Gasteiger partial charge in [-0.05, 0) is 52.5 Å². The largest absolute Gasteiger partial charge is 0.472 e. The Hall–Kier alpha value is -1.99. The van der Waals surface area contributed by atoms with Crippen molar-refractivity contribution >= 4 is 6.09 Å². The molecule has 144 valence electrons. The number of fused-ring (bicyclic) bond motifs is 2. The first-order valence-electron chi connectivity index (χ1n) is 8.67. The average Bonchev–Trinajstić information content (AvgIpc) is 3.02. The molecule has 2 bridgehead atoms. The molecule has 1 saturated heterocycles. The summed E-state index contributed by atoms with van der Waals surface area (Å²) >= 11 is 0. The number of carbonyl (C=O) groups excluding carboxylic acids is 1. The summed E-state index contributed by atoms with van der Waals surface area (Å²) in [7, 11) is 0. The van der Waals surface area contributed by atoms with Crippen LogP contribution in [0, 0.1) is 5.92 Å². The summed E-state index contributed by atoms with van der Waals surface area (Å²) in [5.74, 6) is 0.416. The van der Waals surface area contributed by atoms with Gasteiger partial charge in [0, 0.05) is 18.3 Å². The van der Waals surface area contributed by atoms with Crippen molar-refractivity contribution in [1.82, 2.24) is 9.88 Å². The van der Waals surface area contributed by atoms with Crippen molar-refractivity contribution in [2.75, 3.05) is 0 Å². The first-order valence-corrected chi connectivity index (χ1v) is 8.67. The van der Waals surface area contributed by atoms with E-state index in [1.807, 2.05) is 27.7 Å². The molecule has 1 amide bonds. The minimum atomic E-state index is -4.43. The SMILES string of the molecule is CC1C2CC(Oc3ccc(C(F)(F)F)cn3)C(C2)N1C(=O)OC(C)(C)C. The number of rotatable bonds is 2. The van der Waals surface area contributed by atoms with E-state index in [1.165, 1.54) is 6.07 Å². The van der Waals surface area contributed by atoms with Gasteiger partial charge in [-0.15, -0.1) is 0 Å². The summed E-state index contributed by atoms with van der Waals surface area (Å²) in [4.78, 5) is 18.0. The molecule has 0 radical (unpaired) electrons. The number of pyridine rings is 1. The van der Waals surface area contributed by atoms with Gasteiger partial charge in [-0.25, -0.2) is 9.78 Å². The van der Waals surface area contributed by atoms with Crippen LogP contribution in [0.3, 0.4) is 0 Å². The summed E-state index contributed by atoms with van der Waals surface area (Å²) in [5.41, 5.74) is -1.41. The summed E-state index contributed by atoms with van der Waals surface area (Å²) < 4.78 is 49.2. The zero-order valence-corrected chi connectivity index (χ0v) is 15.2. The Morgan fingerprint density at radius 2 is 1.92 bits per heavy atom. The fraction of sp³-hybridized carbons (Fsp3) is 0.667. The van der Waals surface area contributed by atoms with E-state index in [4.69, 9.17) is 9.47 Å². The first-order chi connectivity index (χ1) is 12.0. The Bertz CT molecular complexity index is 670. The molecule has 2 heterocycles. The number of nitrogens with zero attached hydrogens (tertiary/aromatic N) is 2. The predicted octanol–water partition coefficient (Wildman–Crippen LogP) is 4.27. The summed E-state index contributed by atoms with van der Waals surface area (Å²) in [6.45, 7) is 7.42. The molecule has 0 N–H and O–H groups in total. The van der Waals surface area contributed by atoms with Crippen LogP contribution in [0.1, 0.15) is 46.1 Å². The van der Waals surface area contributed by atoms with E-state index in [0.717, 1.165) is 25.1 Å². The van der Waals surface area contributed by atoms with Crippen molar-refractivity contribution in [1.29, 1.82) is 0 Å². The van der Waals surface area contributed by atoms with Crippen LogP contribution in [0.15, 0.2) is 18.3 Å². The summed E-state index contributed by atoms with van der Waals surface area (Å²) in [5, 5.41) is 0.